The second-order valence-corrected chi connectivity index (χ2v) is 10.7. The zero-order valence-corrected chi connectivity index (χ0v) is 20.9. The number of carbonyl (C=O) groups excluding carboxylic acids is 1. The molecule has 4 aliphatic rings. The van der Waals surface area contributed by atoms with Crippen molar-refractivity contribution in [3.8, 4) is 0 Å². The first-order valence-corrected chi connectivity index (χ1v) is 13.8. The zero-order valence-electron chi connectivity index (χ0n) is 20.9. The van der Waals surface area contributed by atoms with Crippen LogP contribution in [0.1, 0.15) is 96.3 Å². The van der Waals surface area contributed by atoms with Crippen LogP contribution in [0.3, 0.4) is 0 Å². The number of amides is 1. The van der Waals surface area contributed by atoms with E-state index in [4.69, 9.17) is 11.7 Å². The molecule has 1 amide bonds. The summed E-state index contributed by atoms with van der Waals surface area (Å²) in [6, 6.07) is 0.159. The Labute approximate surface area is 202 Å². The Bertz CT molecular complexity index is 575. The molecule has 4 rings (SSSR count). The molecule has 2 aliphatic heterocycles. The van der Waals surface area contributed by atoms with Gasteiger partial charge in [0.05, 0.1) is 6.04 Å². The third-order valence-corrected chi connectivity index (χ3v) is 8.41. The van der Waals surface area contributed by atoms with E-state index in [2.05, 4.69) is 22.3 Å². The number of nitrogens with two attached hydrogens (primary N) is 2. The molecule has 6 N–H and O–H groups in total. The van der Waals surface area contributed by atoms with Gasteiger partial charge in [0, 0.05) is 31.9 Å². The summed E-state index contributed by atoms with van der Waals surface area (Å²) in [5, 5.41) is 0. The summed E-state index contributed by atoms with van der Waals surface area (Å²) in [6.45, 7) is 8.45. The van der Waals surface area contributed by atoms with Crippen LogP contribution in [0.15, 0.2) is 12.3 Å². The van der Waals surface area contributed by atoms with Crippen molar-refractivity contribution in [2.24, 2.45) is 23.5 Å². The molecule has 0 aromatic heterocycles. The van der Waals surface area contributed by atoms with Gasteiger partial charge in [-0.1, -0.05) is 45.1 Å². The van der Waals surface area contributed by atoms with Gasteiger partial charge in [-0.15, -0.1) is 0 Å². The molecular weight excluding hydrogens is 412 g/mol. The maximum Gasteiger partial charge on any atom is 0.241 e. The van der Waals surface area contributed by atoms with Crippen LogP contribution in [0.5, 0.6) is 0 Å². The number of piperidine rings is 1. The van der Waals surface area contributed by atoms with Gasteiger partial charge < -0.3 is 9.80 Å². The summed E-state index contributed by atoms with van der Waals surface area (Å²) < 4.78 is 0. The molecule has 2 heterocycles. The monoisotopic (exact) mass is 462 g/mol. The van der Waals surface area contributed by atoms with Crippen LogP contribution in [-0.2, 0) is 4.79 Å². The fourth-order valence-electron chi connectivity index (χ4n) is 6.36. The Morgan fingerprint density at radius 1 is 0.636 bits per heavy atom. The third kappa shape index (κ3) is 7.67. The highest BCUT2D eigenvalue weighted by molar-refractivity contribution is 5.82. The van der Waals surface area contributed by atoms with Crippen molar-refractivity contribution < 1.29 is 4.79 Å². The van der Waals surface area contributed by atoms with Crippen LogP contribution in [-0.4, -0.2) is 54.0 Å². The van der Waals surface area contributed by atoms with Gasteiger partial charge >= 0.3 is 0 Å². The second-order valence-electron chi connectivity index (χ2n) is 10.7. The fraction of sp³-hybridized carbons (Fsp3) is 0.885. The van der Waals surface area contributed by atoms with Gasteiger partial charge in [-0.3, -0.25) is 21.9 Å². The maximum absolute atomic E-state index is 12.4. The first-order chi connectivity index (χ1) is 16.2. The van der Waals surface area contributed by atoms with Crippen molar-refractivity contribution in [2.75, 3.05) is 26.2 Å². The number of hydrogen-bond donors (Lipinski definition) is 4. The van der Waals surface area contributed by atoms with Crippen LogP contribution >= 0.6 is 0 Å². The second kappa shape index (κ2) is 14.3. The number of rotatable bonds is 7. The molecule has 0 aromatic rings. The molecule has 0 bridgehead atoms. The van der Waals surface area contributed by atoms with Gasteiger partial charge in [0.2, 0.25) is 5.91 Å². The maximum atomic E-state index is 12.4. The lowest BCUT2D eigenvalue weighted by Crippen LogP contribution is -2.54. The van der Waals surface area contributed by atoms with E-state index < -0.39 is 0 Å². The Hall–Kier alpha value is -1.15. The number of nitrogens with one attached hydrogen (secondary N) is 2. The van der Waals surface area contributed by atoms with Gasteiger partial charge in [-0.05, 0) is 69.6 Å². The van der Waals surface area contributed by atoms with Crippen molar-refractivity contribution in [3.05, 3.63) is 12.3 Å². The van der Waals surface area contributed by atoms with E-state index in [1.54, 1.807) is 0 Å². The van der Waals surface area contributed by atoms with Crippen molar-refractivity contribution in [1.82, 2.24) is 20.7 Å². The van der Waals surface area contributed by atoms with E-state index in [0.717, 1.165) is 38.8 Å². The number of hydrazine groups is 2. The molecule has 2 aliphatic carbocycles. The minimum atomic E-state index is -0.145. The van der Waals surface area contributed by atoms with Gasteiger partial charge in [0.15, 0.2) is 0 Å². The minimum Gasteiger partial charge on any atom is -0.374 e. The predicted molar refractivity (Wildman–Crippen MR) is 136 cm³/mol. The molecule has 33 heavy (non-hydrogen) atoms. The van der Waals surface area contributed by atoms with Crippen LogP contribution in [0, 0.1) is 11.8 Å². The van der Waals surface area contributed by atoms with Crippen LogP contribution in [0.25, 0.3) is 0 Å². The number of nitrogens with zero attached hydrogens (tertiary/aromatic N) is 2. The molecule has 2 unspecified atom stereocenters. The van der Waals surface area contributed by atoms with Crippen molar-refractivity contribution >= 4 is 5.91 Å². The molecule has 4 fully saturated rings. The van der Waals surface area contributed by atoms with E-state index in [1.807, 2.05) is 4.90 Å². The summed E-state index contributed by atoms with van der Waals surface area (Å²) in [6.07, 6.45) is 19.0. The number of hydrogen-bond acceptors (Lipinski definition) is 6. The molecular formula is C26H50N6O. The SMILES string of the molecule is C=C(C(NN)C1CCCCC1)N1CCCC1.NNC(C(=O)N1CCCCC1)C1CCCCC1. The largest absolute Gasteiger partial charge is 0.374 e. The standard InChI is InChI=1S/C13H25N3O.C13H25N3/c14-15-12(11-7-3-1-4-8-11)13(17)16-9-5-2-6-10-16;1-11(16-9-5-6-10-16)13(15-14)12-7-3-2-4-8-12/h11-12,15H,1-10,14H2;12-13,15H,1-10,14H2. The first kappa shape index (κ1) is 26.5. The van der Waals surface area contributed by atoms with Crippen LogP contribution in [0.2, 0.25) is 0 Å². The van der Waals surface area contributed by atoms with Crippen molar-refractivity contribution in [1.29, 1.82) is 0 Å². The fourth-order valence-corrected chi connectivity index (χ4v) is 6.36. The van der Waals surface area contributed by atoms with Gasteiger partial charge in [0.25, 0.3) is 0 Å². The topological polar surface area (TPSA) is 99.6 Å². The highest BCUT2D eigenvalue weighted by Gasteiger charge is 2.32. The van der Waals surface area contributed by atoms with Gasteiger partial charge in [0.1, 0.15) is 6.04 Å². The number of carbonyl (C=O) groups is 1. The predicted octanol–water partition coefficient (Wildman–Crippen LogP) is 3.42. The highest BCUT2D eigenvalue weighted by atomic mass is 16.2. The molecule has 2 saturated carbocycles. The molecule has 7 nitrogen and oxygen atoms in total. The Morgan fingerprint density at radius 3 is 1.52 bits per heavy atom. The Kier molecular flexibility index (Phi) is 11.5. The van der Waals surface area contributed by atoms with Crippen molar-refractivity contribution in [2.45, 2.75) is 108 Å². The average Bonchev–Trinajstić information content (AvgIpc) is 3.42. The smallest absolute Gasteiger partial charge is 0.241 e. The number of likely N-dealkylation sites (tertiary alicyclic amines) is 2. The minimum absolute atomic E-state index is 0.145. The third-order valence-electron chi connectivity index (χ3n) is 8.41. The lowest BCUT2D eigenvalue weighted by Gasteiger charge is -2.35. The van der Waals surface area contributed by atoms with Crippen molar-refractivity contribution in [3.63, 3.8) is 0 Å². The highest BCUT2D eigenvalue weighted by Crippen LogP contribution is 2.31. The van der Waals surface area contributed by atoms with Gasteiger partial charge in [-0.2, -0.15) is 0 Å². The summed E-state index contributed by atoms with van der Waals surface area (Å²) in [4.78, 5) is 16.8. The zero-order chi connectivity index (χ0) is 23.5. The Morgan fingerprint density at radius 2 is 1.03 bits per heavy atom. The normalized spacial score (nSPS) is 24.7. The summed E-state index contributed by atoms with van der Waals surface area (Å²) in [5.74, 6) is 12.7. The van der Waals surface area contributed by atoms with E-state index in [1.165, 1.54) is 89.4 Å². The van der Waals surface area contributed by atoms with E-state index in [9.17, 15) is 4.79 Å². The molecule has 190 valence electrons. The summed E-state index contributed by atoms with van der Waals surface area (Å²) >= 11 is 0. The average molecular weight is 463 g/mol. The molecule has 0 radical (unpaired) electrons. The van der Waals surface area contributed by atoms with E-state index >= 15 is 0 Å². The molecule has 2 atom stereocenters. The van der Waals surface area contributed by atoms with Crippen LogP contribution in [0.4, 0.5) is 0 Å². The van der Waals surface area contributed by atoms with E-state index in [-0.39, 0.29) is 11.9 Å². The van der Waals surface area contributed by atoms with Gasteiger partial charge in [-0.25, -0.2) is 5.43 Å². The molecule has 2 saturated heterocycles. The van der Waals surface area contributed by atoms with E-state index in [0.29, 0.717) is 17.9 Å². The Balaban J connectivity index is 0.000000186. The summed E-state index contributed by atoms with van der Waals surface area (Å²) in [7, 11) is 0. The first-order valence-electron chi connectivity index (χ1n) is 13.8. The van der Waals surface area contributed by atoms with Crippen LogP contribution < -0.4 is 22.5 Å². The quantitative estimate of drug-likeness (QED) is 0.342. The summed E-state index contributed by atoms with van der Waals surface area (Å²) in [5.41, 5.74) is 7.01. The molecule has 0 aromatic carbocycles. The lowest BCUT2D eigenvalue weighted by molar-refractivity contribution is -0.136. The molecule has 7 heteroatoms. The molecule has 0 spiro atoms. The lowest BCUT2D eigenvalue weighted by atomic mass is 9.83.